The molecule has 1 saturated heterocycles. The van der Waals surface area contributed by atoms with Gasteiger partial charge in [-0.1, -0.05) is 29.8 Å². The van der Waals surface area contributed by atoms with E-state index >= 15 is 0 Å². The molecule has 2 aromatic heterocycles. The first kappa shape index (κ1) is 20.9. The van der Waals surface area contributed by atoms with E-state index in [4.69, 9.17) is 14.7 Å². The van der Waals surface area contributed by atoms with Crippen LogP contribution in [-0.4, -0.2) is 59.8 Å². The molecule has 8 heteroatoms. The Balaban J connectivity index is 1.53. The quantitative estimate of drug-likeness (QED) is 0.664. The molecule has 8 nitrogen and oxygen atoms in total. The van der Waals surface area contributed by atoms with Crippen LogP contribution in [0.25, 0.3) is 11.2 Å². The molecule has 1 N–H and O–H groups in total. The van der Waals surface area contributed by atoms with Gasteiger partial charge in [-0.3, -0.25) is 5.01 Å². The lowest BCUT2D eigenvalue weighted by atomic mass is 10.1. The Bertz CT molecular complexity index is 1150. The van der Waals surface area contributed by atoms with Gasteiger partial charge >= 0.3 is 0 Å². The number of pyridine rings is 1. The zero-order chi connectivity index (χ0) is 22.2. The van der Waals surface area contributed by atoms with Gasteiger partial charge in [0, 0.05) is 32.4 Å². The molecular formula is C24H31N7O. The summed E-state index contributed by atoms with van der Waals surface area (Å²) in [6.45, 7) is 6.06. The van der Waals surface area contributed by atoms with E-state index in [-0.39, 0.29) is 6.04 Å². The maximum absolute atomic E-state index is 5.59. The smallest absolute Gasteiger partial charge is 0.164 e. The number of nitrogens with one attached hydrogen (secondary N) is 1. The second-order valence-corrected chi connectivity index (χ2v) is 8.83. The second-order valence-electron chi connectivity index (χ2n) is 8.83. The first-order valence-electron chi connectivity index (χ1n) is 11.1. The van der Waals surface area contributed by atoms with E-state index in [0.717, 1.165) is 61.3 Å². The molecule has 1 aromatic carbocycles. The van der Waals surface area contributed by atoms with Crippen LogP contribution in [0.15, 0.2) is 42.6 Å². The summed E-state index contributed by atoms with van der Waals surface area (Å²) in [5.74, 6) is 1.87. The number of fused-ring (bicyclic) bond motifs is 1. The molecule has 1 fully saturated rings. The molecule has 5 rings (SSSR count). The van der Waals surface area contributed by atoms with E-state index < -0.39 is 0 Å². The number of rotatable bonds is 5. The van der Waals surface area contributed by atoms with Gasteiger partial charge in [0.25, 0.3) is 0 Å². The molecule has 0 radical (unpaired) electrons. The number of aromatic nitrogens is 3. The van der Waals surface area contributed by atoms with Crippen LogP contribution < -0.4 is 15.3 Å². The number of morpholine rings is 1. The van der Waals surface area contributed by atoms with Gasteiger partial charge < -0.3 is 19.1 Å². The molecular weight excluding hydrogens is 402 g/mol. The summed E-state index contributed by atoms with van der Waals surface area (Å²) in [7, 11) is 6.17. The van der Waals surface area contributed by atoms with Gasteiger partial charge in [-0.2, -0.15) is 0 Å². The minimum absolute atomic E-state index is 0.120. The lowest BCUT2D eigenvalue weighted by Crippen LogP contribution is -2.37. The lowest BCUT2D eigenvalue weighted by molar-refractivity contribution is 0.123. The molecule has 0 aliphatic carbocycles. The zero-order valence-corrected chi connectivity index (χ0v) is 19.2. The number of nitrogens with zero attached hydrogens (tertiary/aromatic N) is 6. The highest BCUT2D eigenvalue weighted by atomic mass is 16.5. The summed E-state index contributed by atoms with van der Waals surface area (Å²) in [6.07, 6.45) is 4.25. The van der Waals surface area contributed by atoms with Crippen molar-refractivity contribution < 1.29 is 4.74 Å². The Hall–Kier alpha value is -2.94. The number of hydrogen-bond acceptors (Lipinski definition) is 7. The third kappa shape index (κ3) is 3.97. The van der Waals surface area contributed by atoms with Crippen molar-refractivity contribution in [2.24, 2.45) is 7.05 Å². The van der Waals surface area contributed by atoms with E-state index in [2.05, 4.69) is 90.5 Å². The van der Waals surface area contributed by atoms with E-state index in [1.54, 1.807) is 0 Å². The highest BCUT2D eigenvalue weighted by Crippen LogP contribution is 2.32. The van der Waals surface area contributed by atoms with Crippen LogP contribution in [0, 0.1) is 6.92 Å². The molecule has 0 amide bonds. The summed E-state index contributed by atoms with van der Waals surface area (Å²) in [5.41, 5.74) is 9.05. The summed E-state index contributed by atoms with van der Waals surface area (Å²) in [5, 5.41) is 2.02. The number of anilines is 2. The molecule has 2 aliphatic heterocycles. The minimum Gasteiger partial charge on any atom is -0.378 e. The predicted molar refractivity (Wildman–Crippen MR) is 128 cm³/mol. The van der Waals surface area contributed by atoms with Crippen LogP contribution in [0.1, 0.15) is 23.0 Å². The molecule has 2 aliphatic rings. The second kappa shape index (κ2) is 8.54. The molecule has 0 spiro atoms. The molecule has 32 heavy (non-hydrogen) atoms. The van der Waals surface area contributed by atoms with Crippen molar-refractivity contribution in [2.45, 2.75) is 19.5 Å². The van der Waals surface area contributed by atoms with E-state index in [1.807, 2.05) is 5.01 Å². The fourth-order valence-corrected chi connectivity index (χ4v) is 4.36. The van der Waals surface area contributed by atoms with Crippen LogP contribution >= 0.6 is 0 Å². The number of benzene rings is 1. The van der Waals surface area contributed by atoms with Crippen molar-refractivity contribution in [2.75, 3.05) is 50.3 Å². The summed E-state index contributed by atoms with van der Waals surface area (Å²) in [4.78, 5) is 14.5. The van der Waals surface area contributed by atoms with Crippen LogP contribution in [0.4, 0.5) is 11.5 Å². The molecule has 0 bridgehead atoms. The summed E-state index contributed by atoms with van der Waals surface area (Å²) in [6, 6.07) is 10.9. The third-order valence-corrected chi connectivity index (χ3v) is 6.05. The number of aryl methyl sites for hydroxylation is 2. The summed E-state index contributed by atoms with van der Waals surface area (Å²) >= 11 is 0. The average molecular weight is 434 g/mol. The number of ether oxygens (including phenoxy) is 1. The standard InChI is InChI=1S/C24H31N7O/c1-17-6-5-7-18(14-17)19-8-9-31(27-19)21-15-20(30-10-12-32-13-11-30)23-24(26-21)29(4)22(25-23)16-28(2)3/h5-9,14-15,19,27H,10-13,16H2,1-4H3. The lowest BCUT2D eigenvalue weighted by Gasteiger charge is -2.30. The Morgan fingerprint density at radius 2 is 1.97 bits per heavy atom. The minimum atomic E-state index is 0.120. The van der Waals surface area contributed by atoms with Crippen LogP contribution in [0.2, 0.25) is 0 Å². The van der Waals surface area contributed by atoms with Crippen LogP contribution in [0.3, 0.4) is 0 Å². The van der Waals surface area contributed by atoms with E-state index in [9.17, 15) is 0 Å². The van der Waals surface area contributed by atoms with Gasteiger partial charge in [-0.25, -0.2) is 15.4 Å². The maximum atomic E-state index is 5.59. The van der Waals surface area contributed by atoms with Crippen LogP contribution in [0.5, 0.6) is 0 Å². The van der Waals surface area contributed by atoms with Crippen molar-refractivity contribution in [3.63, 3.8) is 0 Å². The fraction of sp³-hybridized carbons (Fsp3) is 0.417. The van der Waals surface area contributed by atoms with E-state index in [1.165, 1.54) is 11.1 Å². The molecule has 3 aromatic rings. The first-order chi connectivity index (χ1) is 15.5. The first-order valence-corrected chi connectivity index (χ1v) is 11.1. The van der Waals surface area contributed by atoms with Gasteiger partial charge in [-0.15, -0.1) is 0 Å². The number of hydrazine groups is 1. The Morgan fingerprint density at radius 3 is 2.72 bits per heavy atom. The largest absolute Gasteiger partial charge is 0.378 e. The van der Waals surface area contributed by atoms with Gasteiger partial charge in [0.2, 0.25) is 0 Å². The molecule has 168 valence electrons. The molecule has 0 saturated carbocycles. The van der Waals surface area contributed by atoms with Crippen molar-refractivity contribution in [1.29, 1.82) is 0 Å². The Kier molecular flexibility index (Phi) is 5.58. The predicted octanol–water partition coefficient (Wildman–Crippen LogP) is 2.75. The number of hydrogen-bond donors (Lipinski definition) is 1. The molecule has 4 heterocycles. The van der Waals surface area contributed by atoms with Crippen molar-refractivity contribution >= 4 is 22.7 Å². The van der Waals surface area contributed by atoms with Gasteiger partial charge in [-0.05, 0) is 32.7 Å². The normalized spacial score (nSPS) is 19.0. The van der Waals surface area contributed by atoms with Crippen molar-refractivity contribution in [1.82, 2.24) is 24.9 Å². The summed E-state index contributed by atoms with van der Waals surface area (Å²) < 4.78 is 7.71. The van der Waals surface area contributed by atoms with Gasteiger partial charge in [0.15, 0.2) is 11.5 Å². The zero-order valence-electron chi connectivity index (χ0n) is 19.2. The van der Waals surface area contributed by atoms with E-state index in [0.29, 0.717) is 0 Å². The highest BCUT2D eigenvalue weighted by Gasteiger charge is 2.24. The average Bonchev–Trinajstić information content (AvgIpc) is 3.39. The maximum Gasteiger partial charge on any atom is 0.164 e. The topological polar surface area (TPSA) is 61.7 Å². The van der Waals surface area contributed by atoms with Crippen LogP contribution in [-0.2, 0) is 18.3 Å². The molecule has 1 unspecified atom stereocenters. The van der Waals surface area contributed by atoms with Gasteiger partial charge in [0.1, 0.15) is 11.3 Å². The number of imidazole rings is 1. The SMILES string of the molecule is Cc1cccc(C2C=CN(c3cc(N4CCOCC4)c4nc(CN(C)C)n(C)c4n3)N2)c1. The highest BCUT2D eigenvalue weighted by molar-refractivity contribution is 5.89. The van der Waals surface area contributed by atoms with Crippen molar-refractivity contribution in [3.05, 3.63) is 59.6 Å². The Morgan fingerprint density at radius 1 is 1.16 bits per heavy atom. The molecule has 1 atom stereocenters. The fourth-order valence-electron chi connectivity index (χ4n) is 4.36. The Labute approximate surface area is 189 Å². The monoisotopic (exact) mass is 433 g/mol. The third-order valence-electron chi connectivity index (χ3n) is 6.05. The van der Waals surface area contributed by atoms with Gasteiger partial charge in [0.05, 0.1) is 31.5 Å². The van der Waals surface area contributed by atoms with Crippen molar-refractivity contribution in [3.8, 4) is 0 Å².